The standard InChI is InChI=1S/C10H16N2O4S.Na/c1-12-6-2-4-9(8-12)10(13)11-5-3-7-17(14,15)16;/h2,4,6H,3,5,7-8H2,1H3,(H,11,13)(H,14,15,16);/q;+1/p-1. The van der Waals surface area contributed by atoms with Gasteiger partial charge in [0, 0.05) is 31.5 Å². The van der Waals surface area contributed by atoms with Gasteiger partial charge < -0.3 is 14.8 Å². The van der Waals surface area contributed by atoms with Crippen molar-refractivity contribution in [2.75, 3.05) is 25.9 Å². The summed E-state index contributed by atoms with van der Waals surface area (Å²) in [5.74, 6) is -0.684. The molecule has 0 spiro atoms. The Morgan fingerprint density at radius 2 is 2.22 bits per heavy atom. The molecule has 1 aliphatic rings. The van der Waals surface area contributed by atoms with Crippen LogP contribution in [0, 0.1) is 0 Å². The van der Waals surface area contributed by atoms with E-state index in [2.05, 4.69) is 5.32 Å². The zero-order valence-electron chi connectivity index (χ0n) is 10.5. The quantitative estimate of drug-likeness (QED) is 0.320. The number of nitrogens with one attached hydrogen (secondary N) is 1. The summed E-state index contributed by atoms with van der Waals surface area (Å²) in [5.41, 5.74) is 0.611. The molecule has 0 aromatic rings. The van der Waals surface area contributed by atoms with Crippen molar-refractivity contribution in [3.63, 3.8) is 0 Å². The van der Waals surface area contributed by atoms with Crippen molar-refractivity contribution in [1.29, 1.82) is 0 Å². The molecule has 0 aromatic heterocycles. The van der Waals surface area contributed by atoms with E-state index in [1.54, 1.807) is 12.2 Å². The number of amides is 1. The molecule has 0 radical (unpaired) electrons. The van der Waals surface area contributed by atoms with Gasteiger partial charge in [-0.15, -0.1) is 0 Å². The third kappa shape index (κ3) is 7.17. The first kappa shape index (κ1) is 17.7. The van der Waals surface area contributed by atoms with E-state index < -0.39 is 15.9 Å². The molecule has 0 unspecified atom stereocenters. The molecule has 18 heavy (non-hydrogen) atoms. The zero-order chi connectivity index (χ0) is 12.9. The molecule has 1 rings (SSSR count). The third-order valence-electron chi connectivity index (χ3n) is 2.21. The van der Waals surface area contributed by atoms with Crippen molar-refractivity contribution in [3.05, 3.63) is 23.9 Å². The van der Waals surface area contributed by atoms with Crippen LogP contribution in [0.2, 0.25) is 0 Å². The molecule has 0 atom stereocenters. The van der Waals surface area contributed by atoms with Gasteiger partial charge in [-0.05, 0) is 18.7 Å². The van der Waals surface area contributed by atoms with Gasteiger partial charge in [0.1, 0.15) is 0 Å². The maximum atomic E-state index is 11.6. The number of carbonyl (C=O) groups is 1. The van der Waals surface area contributed by atoms with Gasteiger partial charge in [-0.25, -0.2) is 8.42 Å². The van der Waals surface area contributed by atoms with Gasteiger partial charge in [-0.1, -0.05) is 6.08 Å². The van der Waals surface area contributed by atoms with E-state index >= 15 is 0 Å². The first-order valence-electron chi connectivity index (χ1n) is 5.18. The van der Waals surface area contributed by atoms with Crippen molar-refractivity contribution in [2.24, 2.45) is 0 Å². The Balaban J connectivity index is 0.00000289. The second-order valence-corrected chi connectivity index (χ2v) is 5.34. The minimum Gasteiger partial charge on any atom is -0.748 e. The van der Waals surface area contributed by atoms with Crippen LogP contribution in [0.25, 0.3) is 0 Å². The molecule has 0 aliphatic carbocycles. The summed E-state index contributed by atoms with van der Waals surface area (Å²) in [5, 5.41) is 2.57. The van der Waals surface area contributed by atoms with Crippen LogP contribution in [0.15, 0.2) is 23.9 Å². The fourth-order valence-electron chi connectivity index (χ4n) is 1.39. The average molecular weight is 282 g/mol. The maximum Gasteiger partial charge on any atom is 1.00 e. The number of carbonyl (C=O) groups excluding carboxylic acids is 1. The molecule has 0 bridgehead atoms. The van der Waals surface area contributed by atoms with E-state index in [1.807, 2.05) is 18.1 Å². The van der Waals surface area contributed by atoms with Crippen LogP contribution in [0.3, 0.4) is 0 Å². The summed E-state index contributed by atoms with van der Waals surface area (Å²) in [4.78, 5) is 13.5. The topological polar surface area (TPSA) is 89.5 Å². The van der Waals surface area contributed by atoms with Gasteiger partial charge in [0.05, 0.1) is 10.1 Å². The second kappa shape index (κ2) is 7.96. The number of hydrogen-bond acceptors (Lipinski definition) is 5. The summed E-state index contributed by atoms with van der Waals surface area (Å²) in [7, 11) is -2.34. The molecule has 0 aromatic carbocycles. The largest absolute Gasteiger partial charge is 1.00 e. The van der Waals surface area contributed by atoms with Crippen LogP contribution in [0.5, 0.6) is 0 Å². The predicted octanol–water partition coefficient (Wildman–Crippen LogP) is -3.57. The average Bonchev–Trinajstić information content (AvgIpc) is 2.23. The fraction of sp³-hybridized carbons (Fsp3) is 0.500. The van der Waals surface area contributed by atoms with Crippen LogP contribution in [-0.4, -0.2) is 49.7 Å². The van der Waals surface area contributed by atoms with Crippen molar-refractivity contribution < 1.29 is 47.3 Å². The van der Waals surface area contributed by atoms with Crippen molar-refractivity contribution in [3.8, 4) is 0 Å². The smallest absolute Gasteiger partial charge is 0.748 e. The van der Waals surface area contributed by atoms with Crippen LogP contribution >= 0.6 is 0 Å². The Morgan fingerprint density at radius 1 is 1.56 bits per heavy atom. The first-order chi connectivity index (χ1) is 7.88. The minimum absolute atomic E-state index is 0. The number of allylic oxidation sites excluding steroid dienone is 2. The van der Waals surface area contributed by atoms with Gasteiger partial charge in [-0.2, -0.15) is 0 Å². The predicted molar refractivity (Wildman–Crippen MR) is 62.0 cm³/mol. The van der Waals surface area contributed by atoms with E-state index in [4.69, 9.17) is 0 Å². The SMILES string of the molecule is CN1C=CC=C(C(=O)NCCCS(=O)(=O)[O-])C1.[Na+]. The Morgan fingerprint density at radius 3 is 2.78 bits per heavy atom. The summed E-state index contributed by atoms with van der Waals surface area (Å²) < 4.78 is 31.0. The fourth-order valence-corrected chi connectivity index (χ4v) is 1.89. The summed E-state index contributed by atoms with van der Waals surface area (Å²) in [6.07, 6.45) is 5.46. The van der Waals surface area contributed by atoms with Crippen LogP contribution in [0.1, 0.15) is 6.42 Å². The van der Waals surface area contributed by atoms with Crippen molar-refractivity contribution in [1.82, 2.24) is 10.2 Å². The third-order valence-corrected chi connectivity index (χ3v) is 2.99. The van der Waals surface area contributed by atoms with Gasteiger partial charge in [0.25, 0.3) is 0 Å². The van der Waals surface area contributed by atoms with Crippen molar-refractivity contribution >= 4 is 16.0 Å². The molecule has 1 aliphatic heterocycles. The molecular weight excluding hydrogens is 267 g/mol. The number of hydrogen-bond donors (Lipinski definition) is 1. The second-order valence-electron chi connectivity index (χ2n) is 3.82. The van der Waals surface area contributed by atoms with E-state index in [0.717, 1.165) is 0 Å². The van der Waals surface area contributed by atoms with Gasteiger partial charge in [0.15, 0.2) is 0 Å². The van der Waals surface area contributed by atoms with Crippen LogP contribution in [-0.2, 0) is 14.9 Å². The van der Waals surface area contributed by atoms with Gasteiger partial charge in [-0.3, -0.25) is 4.79 Å². The first-order valence-corrected chi connectivity index (χ1v) is 6.75. The molecule has 6 nitrogen and oxygen atoms in total. The molecular formula is C10H15N2NaO4S. The summed E-state index contributed by atoms with van der Waals surface area (Å²) in [6, 6.07) is 0. The number of nitrogens with zero attached hydrogens (tertiary/aromatic N) is 1. The van der Waals surface area contributed by atoms with E-state index in [0.29, 0.717) is 12.1 Å². The monoisotopic (exact) mass is 282 g/mol. The van der Waals surface area contributed by atoms with E-state index in [1.165, 1.54) is 0 Å². The zero-order valence-corrected chi connectivity index (χ0v) is 13.4. The molecule has 96 valence electrons. The van der Waals surface area contributed by atoms with E-state index in [-0.39, 0.29) is 48.4 Å². The normalized spacial score (nSPS) is 14.8. The number of likely N-dealkylation sites (N-methyl/N-ethyl adjacent to an activating group) is 1. The molecule has 0 saturated carbocycles. The Bertz CT molecular complexity index is 445. The minimum atomic E-state index is -4.19. The molecule has 8 heteroatoms. The Hall–Kier alpha value is -0.340. The Labute approximate surface area is 129 Å². The van der Waals surface area contributed by atoms with Gasteiger partial charge >= 0.3 is 29.6 Å². The van der Waals surface area contributed by atoms with Crippen molar-refractivity contribution in [2.45, 2.75) is 6.42 Å². The van der Waals surface area contributed by atoms with Gasteiger partial charge in [0.2, 0.25) is 5.91 Å². The molecule has 1 N–H and O–H groups in total. The molecule has 0 saturated heterocycles. The summed E-state index contributed by atoms with van der Waals surface area (Å²) in [6.45, 7) is 0.702. The Kier molecular flexibility index (Phi) is 7.81. The molecule has 0 fully saturated rings. The van der Waals surface area contributed by atoms with Crippen LogP contribution < -0.4 is 34.9 Å². The summed E-state index contributed by atoms with van der Waals surface area (Å²) >= 11 is 0. The van der Waals surface area contributed by atoms with E-state index in [9.17, 15) is 17.8 Å². The number of rotatable bonds is 5. The molecule has 1 amide bonds. The van der Waals surface area contributed by atoms with Crippen LogP contribution in [0.4, 0.5) is 0 Å². The maximum absolute atomic E-state index is 11.6. The molecule has 1 heterocycles.